The number of unbranched alkanes of at least 4 members (excludes halogenated alkanes) is 2. The number of hydrogen-bond acceptors (Lipinski definition) is 2. The first-order chi connectivity index (χ1) is 8.81. The number of carbonyl (C=O) groups excluding carboxylic acids is 1. The standard InChI is InChI=1S/C14H26N2O3/c1-4-5-6-7-13(2,3)10-15-12(19)16-14(8-9-14)11(17)18/h4-10H2,1-3H3,(H,17,18)(H2,15,16,19). The van der Waals surface area contributed by atoms with E-state index in [-0.39, 0.29) is 11.4 Å². The average molecular weight is 270 g/mol. The maximum Gasteiger partial charge on any atom is 0.329 e. The van der Waals surface area contributed by atoms with Crippen molar-refractivity contribution in [2.75, 3.05) is 6.54 Å². The van der Waals surface area contributed by atoms with E-state index >= 15 is 0 Å². The summed E-state index contributed by atoms with van der Waals surface area (Å²) in [6.45, 7) is 6.97. The molecule has 2 amide bonds. The predicted molar refractivity (Wildman–Crippen MR) is 74.1 cm³/mol. The minimum absolute atomic E-state index is 0.0481. The minimum Gasteiger partial charge on any atom is -0.480 e. The number of carboxylic acid groups (broad SMARTS) is 1. The Kier molecular flexibility index (Phi) is 5.20. The van der Waals surface area contributed by atoms with E-state index in [1.54, 1.807) is 0 Å². The molecule has 0 aliphatic heterocycles. The zero-order valence-corrected chi connectivity index (χ0v) is 12.2. The lowest BCUT2D eigenvalue weighted by Gasteiger charge is -2.25. The molecule has 5 nitrogen and oxygen atoms in total. The monoisotopic (exact) mass is 270 g/mol. The first-order valence-electron chi connectivity index (χ1n) is 7.11. The van der Waals surface area contributed by atoms with Gasteiger partial charge in [-0.05, 0) is 24.7 Å². The lowest BCUT2D eigenvalue weighted by molar-refractivity contribution is -0.140. The number of urea groups is 1. The van der Waals surface area contributed by atoms with E-state index in [9.17, 15) is 9.59 Å². The predicted octanol–water partition coefficient (Wildman–Crippen LogP) is 2.51. The van der Waals surface area contributed by atoms with Crippen LogP contribution < -0.4 is 10.6 Å². The fourth-order valence-electron chi connectivity index (χ4n) is 2.04. The molecular weight excluding hydrogens is 244 g/mol. The number of amides is 2. The number of aliphatic carboxylic acids is 1. The van der Waals surface area contributed by atoms with Crippen molar-refractivity contribution in [2.24, 2.45) is 5.41 Å². The molecule has 0 bridgehead atoms. The van der Waals surface area contributed by atoms with Crippen LogP contribution in [0.3, 0.4) is 0 Å². The second kappa shape index (κ2) is 6.26. The van der Waals surface area contributed by atoms with Gasteiger partial charge in [0.15, 0.2) is 0 Å². The largest absolute Gasteiger partial charge is 0.480 e. The van der Waals surface area contributed by atoms with Gasteiger partial charge in [-0.2, -0.15) is 0 Å². The van der Waals surface area contributed by atoms with Gasteiger partial charge in [0.25, 0.3) is 0 Å². The van der Waals surface area contributed by atoms with Gasteiger partial charge >= 0.3 is 12.0 Å². The van der Waals surface area contributed by atoms with E-state index < -0.39 is 11.5 Å². The summed E-state index contributed by atoms with van der Waals surface area (Å²) in [5.41, 5.74) is -0.955. The molecule has 1 fully saturated rings. The van der Waals surface area contributed by atoms with Crippen molar-refractivity contribution in [1.82, 2.24) is 10.6 Å². The number of carboxylic acids is 1. The summed E-state index contributed by atoms with van der Waals surface area (Å²) in [7, 11) is 0. The zero-order chi connectivity index (χ0) is 14.5. The first-order valence-corrected chi connectivity index (χ1v) is 7.11. The van der Waals surface area contributed by atoms with Gasteiger partial charge in [-0.15, -0.1) is 0 Å². The summed E-state index contributed by atoms with van der Waals surface area (Å²) in [6, 6.07) is -0.372. The molecule has 110 valence electrons. The van der Waals surface area contributed by atoms with E-state index in [1.165, 1.54) is 12.8 Å². The van der Waals surface area contributed by atoms with Gasteiger partial charge in [-0.1, -0.05) is 40.0 Å². The van der Waals surface area contributed by atoms with Crippen LogP contribution in [0.5, 0.6) is 0 Å². The van der Waals surface area contributed by atoms with Gasteiger partial charge in [0.1, 0.15) is 5.54 Å². The van der Waals surface area contributed by atoms with Crippen molar-refractivity contribution in [3.63, 3.8) is 0 Å². The van der Waals surface area contributed by atoms with Crippen LogP contribution in [0.1, 0.15) is 59.3 Å². The SMILES string of the molecule is CCCCCC(C)(C)CNC(=O)NC1(C(=O)O)CC1. The van der Waals surface area contributed by atoms with Crippen molar-refractivity contribution >= 4 is 12.0 Å². The highest BCUT2D eigenvalue weighted by Crippen LogP contribution is 2.35. The van der Waals surface area contributed by atoms with Gasteiger partial charge in [-0.25, -0.2) is 9.59 Å². The summed E-state index contributed by atoms with van der Waals surface area (Å²) in [6.07, 6.45) is 5.66. The smallest absolute Gasteiger partial charge is 0.329 e. The lowest BCUT2D eigenvalue weighted by Crippen LogP contribution is -2.49. The Bertz CT molecular complexity index is 336. The maximum absolute atomic E-state index is 11.7. The summed E-state index contributed by atoms with van der Waals surface area (Å²) in [4.78, 5) is 22.6. The molecule has 19 heavy (non-hydrogen) atoms. The van der Waals surface area contributed by atoms with Gasteiger partial charge < -0.3 is 15.7 Å². The Morgan fingerprint density at radius 2 is 1.89 bits per heavy atom. The number of rotatable bonds is 8. The molecule has 5 heteroatoms. The summed E-state index contributed by atoms with van der Waals surface area (Å²) < 4.78 is 0. The molecular formula is C14H26N2O3. The molecule has 0 heterocycles. The fourth-order valence-corrected chi connectivity index (χ4v) is 2.04. The molecule has 0 aromatic heterocycles. The van der Waals surface area contributed by atoms with Crippen LogP contribution in [0.15, 0.2) is 0 Å². The summed E-state index contributed by atoms with van der Waals surface area (Å²) >= 11 is 0. The number of carbonyl (C=O) groups is 2. The van der Waals surface area contributed by atoms with Crippen molar-refractivity contribution in [2.45, 2.75) is 64.8 Å². The van der Waals surface area contributed by atoms with Crippen molar-refractivity contribution in [3.05, 3.63) is 0 Å². The van der Waals surface area contributed by atoms with E-state index in [2.05, 4.69) is 31.4 Å². The molecule has 0 unspecified atom stereocenters. The Morgan fingerprint density at radius 3 is 2.37 bits per heavy atom. The van der Waals surface area contributed by atoms with E-state index in [4.69, 9.17) is 5.11 Å². The summed E-state index contributed by atoms with van der Waals surface area (Å²) in [5, 5.41) is 14.3. The van der Waals surface area contributed by atoms with E-state index in [1.807, 2.05) is 0 Å². The van der Waals surface area contributed by atoms with Crippen molar-refractivity contribution < 1.29 is 14.7 Å². The molecule has 1 rings (SSSR count). The van der Waals surface area contributed by atoms with Gasteiger partial charge in [-0.3, -0.25) is 0 Å². The average Bonchev–Trinajstić information content (AvgIpc) is 3.08. The topological polar surface area (TPSA) is 78.4 Å². The molecule has 1 aliphatic rings. The molecule has 0 atom stereocenters. The third kappa shape index (κ3) is 5.09. The van der Waals surface area contributed by atoms with Gasteiger partial charge in [0.2, 0.25) is 0 Å². The number of nitrogens with one attached hydrogen (secondary N) is 2. The minimum atomic E-state index is -1.00. The second-order valence-electron chi connectivity index (χ2n) is 6.32. The Labute approximate surface area is 115 Å². The molecule has 3 N–H and O–H groups in total. The summed E-state index contributed by atoms with van der Waals surface area (Å²) in [5.74, 6) is -0.940. The zero-order valence-electron chi connectivity index (χ0n) is 12.2. The molecule has 1 saturated carbocycles. The lowest BCUT2D eigenvalue weighted by atomic mass is 9.87. The highest BCUT2D eigenvalue weighted by Gasteiger charge is 2.51. The van der Waals surface area contributed by atoms with Crippen LogP contribution in [0.25, 0.3) is 0 Å². The van der Waals surface area contributed by atoms with Crippen molar-refractivity contribution in [1.29, 1.82) is 0 Å². The van der Waals surface area contributed by atoms with Crippen LogP contribution in [-0.2, 0) is 4.79 Å². The quantitative estimate of drug-likeness (QED) is 0.593. The van der Waals surface area contributed by atoms with E-state index in [0.29, 0.717) is 19.4 Å². The molecule has 1 aliphatic carbocycles. The highest BCUT2D eigenvalue weighted by atomic mass is 16.4. The molecule has 0 radical (unpaired) electrons. The normalized spacial score (nSPS) is 16.8. The molecule has 0 saturated heterocycles. The third-order valence-electron chi connectivity index (χ3n) is 3.70. The maximum atomic E-state index is 11.7. The van der Waals surface area contributed by atoms with Gasteiger partial charge in [0, 0.05) is 6.54 Å². The van der Waals surface area contributed by atoms with Crippen LogP contribution in [0, 0.1) is 5.41 Å². The first kappa shape index (κ1) is 15.8. The number of hydrogen-bond donors (Lipinski definition) is 3. The van der Waals surface area contributed by atoms with Crippen LogP contribution in [-0.4, -0.2) is 29.2 Å². The third-order valence-corrected chi connectivity index (χ3v) is 3.70. The van der Waals surface area contributed by atoms with Crippen LogP contribution >= 0.6 is 0 Å². The van der Waals surface area contributed by atoms with Crippen LogP contribution in [0.2, 0.25) is 0 Å². The van der Waals surface area contributed by atoms with E-state index in [0.717, 1.165) is 12.8 Å². The Morgan fingerprint density at radius 1 is 1.26 bits per heavy atom. The molecule has 0 aromatic rings. The highest BCUT2D eigenvalue weighted by molar-refractivity contribution is 5.88. The molecule has 0 spiro atoms. The molecule has 0 aromatic carbocycles. The van der Waals surface area contributed by atoms with Crippen LogP contribution in [0.4, 0.5) is 4.79 Å². The second-order valence-corrected chi connectivity index (χ2v) is 6.32. The fraction of sp³-hybridized carbons (Fsp3) is 0.857. The van der Waals surface area contributed by atoms with Crippen molar-refractivity contribution in [3.8, 4) is 0 Å². The Balaban J connectivity index is 2.27. The Hall–Kier alpha value is -1.26. The van der Waals surface area contributed by atoms with Gasteiger partial charge in [0.05, 0.1) is 0 Å².